The molecule has 0 aliphatic rings. The maximum Gasteiger partial charge on any atom is 0.328 e. The Hall–Kier alpha value is -1.88. The van der Waals surface area contributed by atoms with Gasteiger partial charge in [-0.15, -0.1) is 0 Å². The first-order valence-corrected chi connectivity index (χ1v) is 6.57. The molecule has 19 heavy (non-hydrogen) atoms. The van der Waals surface area contributed by atoms with E-state index in [-0.39, 0.29) is 5.56 Å². The molecule has 0 unspecified atom stereocenters. The highest BCUT2D eigenvalue weighted by Gasteiger charge is 2.03. The summed E-state index contributed by atoms with van der Waals surface area (Å²) >= 11 is 3.28. The quantitative estimate of drug-likeness (QED) is 0.943. The summed E-state index contributed by atoms with van der Waals surface area (Å²) in [6.45, 7) is 2.25. The molecule has 0 radical (unpaired) electrons. The lowest BCUT2D eigenvalue weighted by atomic mass is 10.2. The average Bonchev–Trinajstić information content (AvgIpc) is 2.36. The summed E-state index contributed by atoms with van der Waals surface area (Å²) in [5.74, 6) is 0. The van der Waals surface area contributed by atoms with E-state index >= 15 is 0 Å². The van der Waals surface area contributed by atoms with Crippen molar-refractivity contribution in [2.45, 2.75) is 13.5 Å². The second kappa shape index (κ2) is 5.84. The number of hydrogen-bond acceptors (Lipinski definition) is 2. The van der Waals surface area contributed by atoms with E-state index in [1.165, 1.54) is 4.57 Å². The maximum absolute atomic E-state index is 11.8. The zero-order valence-corrected chi connectivity index (χ0v) is 12.0. The third-order valence-corrected chi connectivity index (χ3v) is 2.82. The van der Waals surface area contributed by atoms with E-state index in [2.05, 4.69) is 20.9 Å². The van der Waals surface area contributed by atoms with Gasteiger partial charge in [-0.2, -0.15) is 0 Å². The molecule has 1 N–H and O–H groups in total. The number of aromatic nitrogens is 2. The number of rotatable bonds is 3. The SMILES string of the molecule is C/C(Br)=C/c1cn(Cc2ccccc2)c(=O)[nH]c1=O. The Kier molecular flexibility index (Phi) is 4.16. The number of allylic oxidation sites excluding steroid dienone is 1. The van der Waals surface area contributed by atoms with Gasteiger partial charge >= 0.3 is 5.69 Å². The van der Waals surface area contributed by atoms with Crippen LogP contribution < -0.4 is 11.2 Å². The molecular weight excluding hydrogens is 308 g/mol. The van der Waals surface area contributed by atoms with Gasteiger partial charge in [0.2, 0.25) is 0 Å². The van der Waals surface area contributed by atoms with Gasteiger partial charge in [0, 0.05) is 6.20 Å². The Labute approximate surface area is 118 Å². The molecule has 2 rings (SSSR count). The highest BCUT2D eigenvalue weighted by molar-refractivity contribution is 9.11. The van der Waals surface area contributed by atoms with E-state index in [4.69, 9.17) is 0 Å². The van der Waals surface area contributed by atoms with Crippen molar-refractivity contribution in [2.75, 3.05) is 0 Å². The molecule has 0 aliphatic carbocycles. The molecule has 0 aliphatic heterocycles. The molecule has 0 bridgehead atoms. The van der Waals surface area contributed by atoms with Crippen LogP contribution in [-0.4, -0.2) is 9.55 Å². The van der Waals surface area contributed by atoms with Crippen molar-refractivity contribution in [3.8, 4) is 0 Å². The fourth-order valence-electron chi connectivity index (χ4n) is 1.74. The van der Waals surface area contributed by atoms with Crippen molar-refractivity contribution in [2.24, 2.45) is 0 Å². The lowest BCUT2D eigenvalue weighted by Gasteiger charge is -2.06. The number of benzene rings is 1. The summed E-state index contributed by atoms with van der Waals surface area (Å²) < 4.78 is 2.31. The van der Waals surface area contributed by atoms with E-state index < -0.39 is 5.69 Å². The van der Waals surface area contributed by atoms with Crippen LogP contribution in [0.1, 0.15) is 18.1 Å². The summed E-state index contributed by atoms with van der Waals surface area (Å²) in [4.78, 5) is 25.7. The molecule has 5 heteroatoms. The summed E-state index contributed by atoms with van der Waals surface area (Å²) in [6.07, 6.45) is 3.25. The van der Waals surface area contributed by atoms with Crippen LogP contribution in [0, 0.1) is 0 Å². The monoisotopic (exact) mass is 320 g/mol. The fourth-order valence-corrected chi connectivity index (χ4v) is 1.99. The average molecular weight is 321 g/mol. The Morgan fingerprint density at radius 1 is 1.32 bits per heavy atom. The van der Waals surface area contributed by atoms with E-state index in [9.17, 15) is 9.59 Å². The van der Waals surface area contributed by atoms with Crippen LogP contribution in [-0.2, 0) is 6.54 Å². The molecule has 0 amide bonds. The minimum atomic E-state index is -0.404. The summed E-state index contributed by atoms with van der Waals surface area (Å²) in [5, 5.41) is 0. The number of halogens is 1. The third kappa shape index (κ3) is 3.54. The van der Waals surface area contributed by atoms with Gasteiger partial charge in [0.1, 0.15) is 0 Å². The van der Waals surface area contributed by atoms with Crippen molar-refractivity contribution in [3.63, 3.8) is 0 Å². The molecule has 4 nitrogen and oxygen atoms in total. The van der Waals surface area contributed by atoms with Crippen molar-refractivity contribution < 1.29 is 0 Å². The van der Waals surface area contributed by atoms with E-state index in [1.54, 1.807) is 12.3 Å². The van der Waals surface area contributed by atoms with Gasteiger partial charge in [0.25, 0.3) is 5.56 Å². The molecule has 1 aromatic carbocycles. The first-order valence-electron chi connectivity index (χ1n) is 5.78. The van der Waals surface area contributed by atoms with Gasteiger partial charge in [-0.25, -0.2) is 4.79 Å². The standard InChI is InChI=1S/C14H13BrN2O2/c1-10(15)7-12-9-17(14(19)16-13(12)18)8-11-5-3-2-4-6-11/h2-7,9H,8H2,1H3,(H,16,18,19)/b10-7-. The molecule has 1 aromatic heterocycles. The highest BCUT2D eigenvalue weighted by atomic mass is 79.9. The van der Waals surface area contributed by atoms with Crippen molar-refractivity contribution in [1.82, 2.24) is 9.55 Å². The van der Waals surface area contributed by atoms with Gasteiger partial charge < -0.3 is 0 Å². The van der Waals surface area contributed by atoms with Crippen LogP contribution in [0.5, 0.6) is 0 Å². The minimum Gasteiger partial charge on any atom is -0.296 e. The Morgan fingerprint density at radius 3 is 2.63 bits per heavy atom. The predicted octanol–water partition coefficient (Wildman–Crippen LogP) is 2.34. The van der Waals surface area contributed by atoms with Crippen LogP contribution >= 0.6 is 15.9 Å². The third-order valence-electron chi connectivity index (χ3n) is 2.59. The van der Waals surface area contributed by atoms with E-state index in [0.29, 0.717) is 12.1 Å². The van der Waals surface area contributed by atoms with Crippen LogP contribution in [0.15, 0.2) is 50.6 Å². The minimum absolute atomic E-state index is 0.381. The first kappa shape index (κ1) is 13.5. The second-order valence-corrected chi connectivity index (χ2v) is 5.44. The van der Waals surface area contributed by atoms with Crippen molar-refractivity contribution in [1.29, 1.82) is 0 Å². The Morgan fingerprint density at radius 2 is 2.00 bits per heavy atom. The molecule has 2 aromatic rings. The molecule has 0 saturated heterocycles. The zero-order chi connectivity index (χ0) is 13.8. The number of aromatic amines is 1. The lowest BCUT2D eigenvalue weighted by Crippen LogP contribution is -2.31. The maximum atomic E-state index is 11.8. The Balaban J connectivity index is 2.44. The summed E-state index contributed by atoms with van der Waals surface area (Å²) in [6, 6.07) is 9.61. The molecule has 1 heterocycles. The van der Waals surface area contributed by atoms with Crippen molar-refractivity contribution in [3.05, 3.63) is 73.0 Å². The topological polar surface area (TPSA) is 54.9 Å². The number of H-pyrrole nitrogens is 1. The molecule has 0 atom stereocenters. The largest absolute Gasteiger partial charge is 0.328 e. The van der Waals surface area contributed by atoms with Gasteiger partial charge in [-0.1, -0.05) is 46.3 Å². The number of hydrogen-bond donors (Lipinski definition) is 1. The highest BCUT2D eigenvalue weighted by Crippen LogP contribution is 2.07. The van der Waals surface area contributed by atoms with E-state index in [0.717, 1.165) is 10.0 Å². The van der Waals surface area contributed by atoms with Gasteiger partial charge in [-0.05, 0) is 23.0 Å². The smallest absolute Gasteiger partial charge is 0.296 e. The zero-order valence-electron chi connectivity index (χ0n) is 10.4. The lowest BCUT2D eigenvalue weighted by molar-refractivity contribution is 0.718. The fraction of sp³-hybridized carbons (Fsp3) is 0.143. The predicted molar refractivity (Wildman–Crippen MR) is 79.4 cm³/mol. The first-order chi connectivity index (χ1) is 9.06. The van der Waals surface area contributed by atoms with Crippen LogP contribution in [0.25, 0.3) is 6.08 Å². The molecule has 0 fully saturated rings. The Bertz CT molecular complexity index is 710. The summed E-state index contributed by atoms with van der Waals surface area (Å²) in [5.41, 5.74) is 0.665. The van der Waals surface area contributed by atoms with Crippen LogP contribution in [0.3, 0.4) is 0 Å². The van der Waals surface area contributed by atoms with Crippen LogP contribution in [0.4, 0.5) is 0 Å². The van der Waals surface area contributed by atoms with Gasteiger partial charge in [-0.3, -0.25) is 14.3 Å². The van der Waals surface area contributed by atoms with Crippen molar-refractivity contribution >= 4 is 22.0 Å². The summed E-state index contributed by atoms with van der Waals surface area (Å²) in [7, 11) is 0. The molecule has 0 saturated carbocycles. The van der Waals surface area contributed by atoms with Crippen LogP contribution in [0.2, 0.25) is 0 Å². The molecule has 98 valence electrons. The van der Waals surface area contributed by atoms with Gasteiger partial charge in [0.15, 0.2) is 0 Å². The normalized spacial score (nSPS) is 11.6. The van der Waals surface area contributed by atoms with Gasteiger partial charge in [0.05, 0.1) is 12.1 Å². The number of nitrogens with zero attached hydrogens (tertiary/aromatic N) is 1. The number of nitrogens with one attached hydrogen (secondary N) is 1. The van der Waals surface area contributed by atoms with E-state index in [1.807, 2.05) is 37.3 Å². The molecular formula is C14H13BrN2O2. The molecule has 0 spiro atoms. The second-order valence-electron chi connectivity index (χ2n) is 4.19.